The second-order valence-corrected chi connectivity index (χ2v) is 5.76. The van der Waals surface area contributed by atoms with E-state index in [1.165, 1.54) is 6.21 Å². The molecule has 0 unspecified atom stereocenters. The number of benzene rings is 2. The Morgan fingerprint density at radius 3 is 2.67 bits per heavy atom. The van der Waals surface area contributed by atoms with Crippen molar-refractivity contribution < 1.29 is 9.53 Å². The predicted molar refractivity (Wildman–Crippen MR) is 107 cm³/mol. The number of hydrazone groups is 1. The number of methoxy groups -OCH3 is 1. The molecule has 3 aromatic rings. The molecule has 6 nitrogen and oxygen atoms in total. The van der Waals surface area contributed by atoms with E-state index in [1.807, 2.05) is 67.6 Å². The molecule has 0 aliphatic carbocycles. The normalized spacial score (nSPS) is 11.2. The molecule has 1 heterocycles. The molecule has 27 heavy (non-hydrogen) atoms. The van der Waals surface area contributed by atoms with Crippen LogP contribution in [0.2, 0.25) is 0 Å². The Balaban J connectivity index is 1.64. The molecule has 0 bridgehead atoms. The minimum Gasteiger partial charge on any atom is -0.496 e. The summed E-state index contributed by atoms with van der Waals surface area (Å²) in [6.45, 7) is 1.85. The maximum Gasteiger partial charge on any atom is 0.289 e. The maximum atomic E-state index is 12.3. The number of nitrogens with zero attached hydrogens (tertiary/aromatic N) is 2. The number of aromatic amines is 1. The molecular formula is C21H20N4O2. The number of hydrogen-bond acceptors (Lipinski definition) is 4. The van der Waals surface area contributed by atoms with Gasteiger partial charge in [-0.15, -0.1) is 0 Å². The van der Waals surface area contributed by atoms with E-state index in [-0.39, 0.29) is 5.91 Å². The van der Waals surface area contributed by atoms with E-state index in [4.69, 9.17) is 4.74 Å². The van der Waals surface area contributed by atoms with Crippen LogP contribution >= 0.6 is 0 Å². The van der Waals surface area contributed by atoms with E-state index in [1.54, 1.807) is 13.2 Å². The Morgan fingerprint density at radius 1 is 1.15 bits per heavy atom. The van der Waals surface area contributed by atoms with Crippen LogP contribution < -0.4 is 10.2 Å². The smallest absolute Gasteiger partial charge is 0.289 e. The Bertz CT molecular complexity index is 975. The van der Waals surface area contributed by atoms with Gasteiger partial charge in [0.15, 0.2) is 0 Å². The average Bonchev–Trinajstić information content (AvgIpc) is 3.10. The molecule has 0 spiro atoms. The van der Waals surface area contributed by atoms with E-state index in [0.717, 1.165) is 28.1 Å². The molecule has 0 fully saturated rings. The summed E-state index contributed by atoms with van der Waals surface area (Å²) in [6.07, 6.45) is 5.09. The highest BCUT2D eigenvalue weighted by molar-refractivity contribution is 5.95. The summed E-state index contributed by atoms with van der Waals surface area (Å²) in [7, 11) is 1.62. The standard InChI is InChI=1S/C21H20N4O2/c1-15-19(17-10-4-3-5-11-17)23-24-20(15)21(26)25-22-14-8-12-16-9-6-7-13-18(16)27-2/h3-14H,1-2H3,(H,23,24)(H,25,26). The van der Waals surface area contributed by atoms with Crippen LogP contribution in [0.5, 0.6) is 5.75 Å². The maximum absolute atomic E-state index is 12.3. The topological polar surface area (TPSA) is 79.4 Å². The van der Waals surface area contributed by atoms with Gasteiger partial charge < -0.3 is 4.74 Å². The Hall–Kier alpha value is -3.67. The van der Waals surface area contributed by atoms with Gasteiger partial charge in [0.1, 0.15) is 11.4 Å². The van der Waals surface area contributed by atoms with Crippen LogP contribution in [-0.2, 0) is 0 Å². The summed E-state index contributed by atoms with van der Waals surface area (Å²) in [5, 5.41) is 11.0. The lowest BCUT2D eigenvalue weighted by Gasteiger charge is -2.02. The van der Waals surface area contributed by atoms with Crippen molar-refractivity contribution in [2.45, 2.75) is 6.92 Å². The van der Waals surface area contributed by atoms with Crippen molar-refractivity contribution in [2.24, 2.45) is 5.10 Å². The van der Waals surface area contributed by atoms with Crippen molar-refractivity contribution in [3.63, 3.8) is 0 Å². The first-order valence-corrected chi connectivity index (χ1v) is 8.44. The summed E-state index contributed by atoms with van der Waals surface area (Å²) in [6, 6.07) is 17.3. The molecular weight excluding hydrogens is 340 g/mol. The van der Waals surface area contributed by atoms with Crippen LogP contribution in [0.25, 0.3) is 17.3 Å². The van der Waals surface area contributed by atoms with Crippen molar-refractivity contribution in [3.8, 4) is 17.0 Å². The number of rotatable bonds is 6. The van der Waals surface area contributed by atoms with Gasteiger partial charge in [0.2, 0.25) is 0 Å². The number of carbonyl (C=O) groups is 1. The van der Waals surface area contributed by atoms with Crippen LogP contribution in [0.1, 0.15) is 21.6 Å². The van der Waals surface area contributed by atoms with Gasteiger partial charge in [-0.05, 0) is 25.1 Å². The fourth-order valence-corrected chi connectivity index (χ4v) is 2.64. The number of amides is 1. The molecule has 1 amide bonds. The lowest BCUT2D eigenvalue weighted by Crippen LogP contribution is -2.18. The highest BCUT2D eigenvalue weighted by atomic mass is 16.5. The number of ether oxygens (including phenoxy) is 1. The van der Waals surface area contributed by atoms with Gasteiger partial charge in [-0.3, -0.25) is 9.89 Å². The quantitative estimate of drug-likeness (QED) is 0.518. The fraction of sp³-hybridized carbons (Fsp3) is 0.0952. The molecule has 1 aromatic heterocycles. The zero-order valence-electron chi connectivity index (χ0n) is 15.1. The third-order valence-corrected chi connectivity index (χ3v) is 4.03. The molecule has 136 valence electrons. The van der Waals surface area contributed by atoms with Gasteiger partial charge >= 0.3 is 0 Å². The first-order valence-electron chi connectivity index (χ1n) is 8.44. The van der Waals surface area contributed by atoms with Crippen LogP contribution in [0, 0.1) is 6.92 Å². The highest BCUT2D eigenvalue weighted by Gasteiger charge is 2.16. The summed E-state index contributed by atoms with van der Waals surface area (Å²) < 4.78 is 5.27. The summed E-state index contributed by atoms with van der Waals surface area (Å²) in [5.74, 6) is 0.428. The van der Waals surface area contributed by atoms with Gasteiger partial charge in [-0.2, -0.15) is 10.2 Å². The summed E-state index contributed by atoms with van der Waals surface area (Å²) in [5.41, 5.74) is 6.29. The predicted octanol–water partition coefficient (Wildman–Crippen LogP) is 3.82. The number of nitrogens with one attached hydrogen (secondary N) is 2. The van der Waals surface area contributed by atoms with Gasteiger partial charge in [-0.25, -0.2) is 5.43 Å². The van der Waals surface area contributed by atoms with E-state index in [2.05, 4.69) is 20.7 Å². The molecule has 0 saturated heterocycles. The molecule has 0 atom stereocenters. The zero-order chi connectivity index (χ0) is 19.1. The number of allylic oxidation sites excluding steroid dienone is 1. The van der Waals surface area contributed by atoms with E-state index in [0.29, 0.717) is 5.69 Å². The SMILES string of the molecule is COc1ccccc1C=CC=NNC(=O)c1[nH]nc(-c2ccccc2)c1C. The second kappa shape index (κ2) is 8.62. The number of para-hydroxylation sites is 1. The molecule has 0 aliphatic rings. The first kappa shape index (κ1) is 18.1. The van der Waals surface area contributed by atoms with Gasteiger partial charge in [0.05, 0.1) is 12.8 Å². The molecule has 0 saturated carbocycles. The van der Waals surface area contributed by atoms with Gasteiger partial charge in [0, 0.05) is 22.9 Å². The number of H-pyrrole nitrogens is 1. The number of carbonyl (C=O) groups excluding carboxylic acids is 1. The first-order chi connectivity index (χ1) is 13.2. The highest BCUT2D eigenvalue weighted by Crippen LogP contribution is 2.22. The van der Waals surface area contributed by atoms with Crippen molar-refractivity contribution in [3.05, 3.63) is 77.5 Å². The molecule has 0 radical (unpaired) electrons. The zero-order valence-corrected chi connectivity index (χ0v) is 15.1. The lowest BCUT2D eigenvalue weighted by atomic mass is 10.1. The fourth-order valence-electron chi connectivity index (χ4n) is 2.64. The summed E-state index contributed by atoms with van der Waals surface area (Å²) >= 11 is 0. The number of hydrogen-bond donors (Lipinski definition) is 2. The van der Waals surface area contributed by atoms with Gasteiger partial charge in [-0.1, -0.05) is 48.5 Å². The van der Waals surface area contributed by atoms with Crippen molar-refractivity contribution in [1.29, 1.82) is 0 Å². The molecule has 6 heteroatoms. The van der Waals surface area contributed by atoms with Crippen LogP contribution in [-0.4, -0.2) is 29.4 Å². The monoisotopic (exact) mass is 360 g/mol. The van der Waals surface area contributed by atoms with Crippen LogP contribution in [0.4, 0.5) is 0 Å². The Labute approximate surface area is 157 Å². The molecule has 0 aliphatic heterocycles. The minimum absolute atomic E-state index is 0.343. The Morgan fingerprint density at radius 2 is 1.89 bits per heavy atom. The van der Waals surface area contributed by atoms with Crippen LogP contribution in [0.3, 0.4) is 0 Å². The lowest BCUT2D eigenvalue weighted by molar-refractivity contribution is 0.0949. The minimum atomic E-state index is -0.343. The van der Waals surface area contributed by atoms with Crippen molar-refractivity contribution >= 4 is 18.2 Å². The molecule has 2 N–H and O–H groups in total. The van der Waals surface area contributed by atoms with E-state index >= 15 is 0 Å². The summed E-state index contributed by atoms with van der Waals surface area (Å²) in [4.78, 5) is 12.3. The largest absolute Gasteiger partial charge is 0.496 e. The van der Waals surface area contributed by atoms with Crippen molar-refractivity contribution in [2.75, 3.05) is 7.11 Å². The van der Waals surface area contributed by atoms with E-state index < -0.39 is 0 Å². The number of aromatic nitrogens is 2. The average molecular weight is 360 g/mol. The third kappa shape index (κ3) is 4.30. The van der Waals surface area contributed by atoms with E-state index in [9.17, 15) is 4.79 Å². The van der Waals surface area contributed by atoms with Crippen molar-refractivity contribution in [1.82, 2.24) is 15.6 Å². The third-order valence-electron chi connectivity index (χ3n) is 4.03. The van der Waals surface area contributed by atoms with Gasteiger partial charge in [0.25, 0.3) is 5.91 Å². The molecule has 2 aromatic carbocycles. The van der Waals surface area contributed by atoms with Crippen LogP contribution in [0.15, 0.2) is 65.8 Å². The second-order valence-electron chi connectivity index (χ2n) is 5.76. The molecule has 3 rings (SSSR count). The Kier molecular flexibility index (Phi) is 5.79.